The number of aliphatic hydroxyl groups is 6. The van der Waals surface area contributed by atoms with Gasteiger partial charge in [-0.1, -0.05) is 30.7 Å². The molecule has 3 aliphatic rings. The summed E-state index contributed by atoms with van der Waals surface area (Å²) < 4.78 is 19.9. The smallest absolute Gasteiger partial charge is 0.351 e. The second-order valence-corrected chi connectivity index (χ2v) is 14.1. The van der Waals surface area contributed by atoms with Gasteiger partial charge in [-0.05, 0) is 24.6 Å². The molecule has 0 saturated carbocycles. The van der Waals surface area contributed by atoms with Crippen LogP contribution in [0.3, 0.4) is 0 Å². The summed E-state index contributed by atoms with van der Waals surface area (Å²) in [5.74, 6) is -1.95. The quantitative estimate of drug-likeness (QED) is 0.0491. The van der Waals surface area contributed by atoms with E-state index in [-0.39, 0.29) is 17.5 Å². The lowest BCUT2D eigenvalue weighted by Gasteiger charge is -2.19. The topological polar surface area (TPSA) is 483 Å². The summed E-state index contributed by atoms with van der Waals surface area (Å²) in [6.45, 7) is 3.25. The molecule has 0 unspecified atom stereocenters. The Morgan fingerprint density at radius 3 is 1.38 bits per heavy atom. The van der Waals surface area contributed by atoms with Crippen molar-refractivity contribution in [2.45, 2.75) is 67.5 Å². The maximum absolute atomic E-state index is 11.9. The lowest BCUT2D eigenvalue weighted by molar-refractivity contribution is -0.128. The summed E-state index contributed by atoms with van der Waals surface area (Å²) in [6.07, 6.45) is 0.434. The Balaban J connectivity index is 0.000000210. The molecule has 344 valence electrons. The van der Waals surface area contributed by atoms with E-state index >= 15 is 0 Å². The summed E-state index contributed by atoms with van der Waals surface area (Å²) in [6, 6.07) is 4.20. The first-order valence-electron chi connectivity index (χ1n) is 18.6. The number of aliphatic hydroxyl groups excluding tert-OH is 6. The summed E-state index contributed by atoms with van der Waals surface area (Å²) in [5.41, 5.74) is 30.3. The monoisotopic (exact) mass is 921 g/mol. The van der Waals surface area contributed by atoms with Crippen LogP contribution in [0.2, 0.25) is 0 Å². The molecule has 0 radical (unpaired) electrons. The molecule has 6 heterocycles. The van der Waals surface area contributed by atoms with E-state index in [0.29, 0.717) is 6.42 Å². The minimum absolute atomic E-state index is 0.0310. The van der Waals surface area contributed by atoms with E-state index in [2.05, 4.69) is 51.6 Å². The highest BCUT2D eigenvalue weighted by molar-refractivity contribution is 6.25. The summed E-state index contributed by atoms with van der Waals surface area (Å²) in [7, 11) is 0. The van der Waals surface area contributed by atoms with Crippen LogP contribution in [-0.4, -0.2) is 115 Å². The lowest BCUT2D eigenvalue weighted by Crippen LogP contribution is -2.43. The zero-order chi connectivity index (χ0) is 47.6. The van der Waals surface area contributed by atoms with Crippen LogP contribution in [0.4, 0.5) is 17.5 Å². The van der Waals surface area contributed by atoms with Gasteiger partial charge in [0, 0.05) is 30.0 Å². The molecule has 30 nitrogen and oxygen atoms in total. The summed E-state index contributed by atoms with van der Waals surface area (Å²) in [5, 5.41) is 69.7. The van der Waals surface area contributed by atoms with E-state index in [1.807, 2.05) is 0 Å². The van der Waals surface area contributed by atoms with Gasteiger partial charge in [0.1, 0.15) is 78.4 Å². The standard InChI is InChI=1S/C11H13ClN6O4.C11H16N6O4.C11H14N6O4/c12-3-1-6-8(20)11(5-19,16-17-14)22-9(6)18-4-2-7(13)15-10(18)21;2*1-2-6-8(19)11(5-18,15-16-13)21-9(6)17-4-3-7(12)14-10(17)20/h1-4,6,8-9,14,19-20H,5H2,(H-,13,15,21);3-4,6,8-9,13,18-19H,2,5H2,1H3,(H-,12,14,20);2-4,6,8-9,13,18-19H,1,5H2,(H-,12,14,20)/p+3/t3*6-,8-,9+,11+/m000/s1. The van der Waals surface area contributed by atoms with Gasteiger partial charge in [0.25, 0.3) is 17.2 Å². The Kier molecular flexibility index (Phi) is 16.5. The van der Waals surface area contributed by atoms with Gasteiger partial charge in [-0.25, -0.2) is 14.4 Å². The highest BCUT2D eigenvalue weighted by Gasteiger charge is 2.61. The third kappa shape index (κ3) is 9.78. The number of aromatic nitrogens is 6. The first kappa shape index (κ1) is 50.0. The van der Waals surface area contributed by atoms with Gasteiger partial charge >= 0.3 is 17.1 Å². The predicted molar refractivity (Wildman–Crippen MR) is 214 cm³/mol. The number of hydrogen-bond donors (Lipinski definition) is 12. The van der Waals surface area contributed by atoms with Crippen molar-refractivity contribution in [3.8, 4) is 0 Å². The molecule has 15 N–H and O–H groups in total. The zero-order valence-electron chi connectivity index (χ0n) is 33.5. The molecule has 31 heteroatoms. The fraction of sp³-hybridized carbons (Fsp3) is 0.515. The summed E-state index contributed by atoms with van der Waals surface area (Å²) in [4.78, 5) is 55.0. The van der Waals surface area contributed by atoms with E-state index in [4.69, 9.17) is 59.6 Å². The van der Waals surface area contributed by atoms with Crippen molar-refractivity contribution < 1.29 is 44.8 Å². The van der Waals surface area contributed by atoms with Crippen LogP contribution in [0.5, 0.6) is 0 Å². The van der Waals surface area contributed by atoms with Crippen molar-refractivity contribution in [1.82, 2.24) is 43.4 Å². The van der Waals surface area contributed by atoms with Crippen molar-refractivity contribution >= 4 is 29.1 Å². The maximum atomic E-state index is 11.9. The normalized spacial score (nSPS) is 31.6. The predicted octanol–water partition coefficient (Wildman–Crippen LogP) is -2.94. The first-order valence-corrected chi connectivity index (χ1v) is 19.0. The number of hydrogen-bond acceptors (Lipinski definition) is 24. The Bertz CT molecular complexity index is 2510. The molecule has 3 aromatic heterocycles. The van der Waals surface area contributed by atoms with Gasteiger partial charge in [0.2, 0.25) is 14.7 Å². The molecular formula is C33H46ClN18O12+3. The van der Waals surface area contributed by atoms with Crippen LogP contribution in [0.1, 0.15) is 32.0 Å². The Morgan fingerprint density at radius 2 is 1.05 bits per heavy atom. The molecule has 3 saturated heterocycles. The molecule has 3 fully saturated rings. The molecule has 0 amide bonds. The SMILES string of the molecule is C=C[C@@H]1[C@H](n2ccc(N)nc2=O)O[C@@](CO)(N=[N+]=N)[C@H]1O.CC[C@@H]1[C@H](n2ccc(N)nc2=O)O[C@@](CO)(N=[N+]=N)[C@H]1O.N=[N+]=N[C@]1(CO)O[C@@H](n2ccc(N)nc2=O)[C@@H](C=CCl)[C@@H]1O. The van der Waals surface area contributed by atoms with E-state index in [1.165, 1.54) is 53.5 Å². The minimum Gasteiger partial charge on any atom is -0.391 e. The van der Waals surface area contributed by atoms with Crippen molar-refractivity contribution in [2.75, 3.05) is 37.0 Å². The van der Waals surface area contributed by atoms with Crippen LogP contribution in [0, 0.1) is 34.3 Å². The van der Waals surface area contributed by atoms with Crippen LogP contribution < -0.4 is 49.0 Å². The molecular weight excluding hydrogens is 876 g/mol. The van der Waals surface area contributed by atoms with E-state index < -0.39 is 109 Å². The molecule has 0 aliphatic carbocycles. The lowest BCUT2D eigenvalue weighted by atomic mass is 9.94. The molecule has 3 aliphatic heterocycles. The average Bonchev–Trinajstić information content (AvgIpc) is 3.81. The zero-order valence-corrected chi connectivity index (χ0v) is 34.3. The van der Waals surface area contributed by atoms with Gasteiger partial charge in [0.15, 0.2) is 27.8 Å². The van der Waals surface area contributed by atoms with E-state index in [1.54, 1.807) is 6.92 Å². The molecule has 12 atom stereocenters. The van der Waals surface area contributed by atoms with Crippen molar-refractivity contribution in [1.29, 1.82) is 16.6 Å². The van der Waals surface area contributed by atoms with E-state index in [9.17, 15) is 45.0 Å². The number of rotatable bonds is 12. The van der Waals surface area contributed by atoms with Crippen molar-refractivity contribution in [3.63, 3.8) is 0 Å². The van der Waals surface area contributed by atoms with Crippen LogP contribution in [0.15, 0.2) is 90.8 Å². The molecule has 0 aromatic carbocycles. The third-order valence-electron chi connectivity index (χ3n) is 10.3. The largest absolute Gasteiger partial charge is 0.391 e. The van der Waals surface area contributed by atoms with Crippen molar-refractivity contribution in [3.05, 3.63) is 92.5 Å². The van der Waals surface area contributed by atoms with Gasteiger partial charge in [-0.15, -0.1) is 6.58 Å². The number of halogens is 1. The Morgan fingerprint density at radius 1 is 0.703 bits per heavy atom. The van der Waals surface area contributed by atoms with Gasteiger partial charge in [-0.2, -0.15) is 15.0 Å². The second kappa shape index (κ2) is 21.2. The number of anilines is 3. The average molecular weight is 922 g/mol. The number of nitrogens with one attached hydrogen (secondary N) is 3. The first-order chi connectivity index (χ1) is 30.5. The van der Waals surface area contributed by atoms with Gasteiger partial charge in [-0.3, -0.25) is 13.7 Å². The molecule has 3 aromatic rings. The fourth-order valence-electron chi connectivity index (χ4n) is 7.03. The number of nitrogens with zero attached hydrogens (tertiary/aromatic N) is 12. The number of ether oxygens (including phenoxy) is 3. The van der Waals surface area contributed by atoms with Gasteiger partial charge in [0.05, 0.1) is 11.8 Å². The van der Waals surface area contributed by atoms with Gasteiger partial charge < -0.3 is 62.1 Å². The number of nitrogen functional groups attached to an aromatic ring is 3. The summed E-state index contributed by atoms with van der Waals surface area (Å²) >= 11 is 5.55. The second-order valence-electron chi connectivity index (χ2n) is 13.9. The Hall–Kier alpha value is -6.62. The minimum atomic E-state index is -1.87. The maximum Gasteiger partial charge on any atom is 0.351 e. The molecule has 6 rings (SSSR count). The number of nitrogens with two attached hydrogens (primary N) is 3. The van der Waals surface area contributed by atoms with Crippen molar-refractivity contribution in [2.24, 2.45) is 33.1 Å². The van der Waals surface area contributed by atoms with Crippen LogP contribution >= 0.6 is 11.6 Å². The van der Waals surface area contributed by atoms with Crippen LogP contribution in [-0.2, 0) is 14.2 Å². The Labute approximate surface area is 363 Å². The fourth-order valence-corrected chi connectivity index (χ4v) is 7.20. The third-order valence-corrected chi connectivity index (χ3v) is 10.4. The van der Waals surface area contributed by atoms with Crippen LogP contribution in [0.25, 0.3) is 0 Å². The molecule has 64 heavy (non-hydrogen) atoms. The molecule has 0 spiro atoms. The highest BCUT2D eigenvalue weighted by atomic mass is 35.5. The molecule has 0 bridgehead atoms. The van der Waals surface area contributed by atoms with E-state index in [0.717, 1.165) is 14.7 Å². The highest BCUT2D eigenvalue weighted by Crippen LogP contribution is 2.44.